The monoisotopic (exact) mass is 344 g/mol. The van der Waals surface area contributed by atoms with Crippen LogP contribution in [0.2, 0.25) is 0 Å². The van der Waals surface area contributed by atoms with Crippen LogP contribution in [0.3, 0.4) is 0 Å². The highest BCUT2D eigenvalue weighted by molar-refractivity contribution is 5.93. The number of hydrogen-bond acceptors (Lipinski definition) is 4. The molecule has 1 amide bonds. The lowest BCUT2D eigenvalue weighted by molar-refractivity contribution is -0.137. The molecule has 0 fully saturated rings. The Kier molecular flexibility index (Phi) is 10.8. The number of benzene rings is 1. The highest BCUT2D eigenvalue weighted by Gasteiger charge is 2.11. The van der Waals surface area contributed by atoms with Gasteiger partial charge in [-0.15, -0.1) is 12.4 Å². The molecule has 1 rings (SSSR count). The zero-order valence-corrected chi connectivity index (χ0v) is 14.4. The summed E-state index contributed by atoms with van der Waals surface area (Å²) >= 11 is 0. The Balaban J connectivity index is 0.00000484. The van der Waals surface area contributed by atoms with Crippen LogP contribution in [-0.2, 0) is 9.59 Å². The molecule has 6 nitrogen and oxygen atoms in total. The van der Waals surface area contributed by atoms with Crippen molar-refractivity contribution < 1.29 is 19.4 Å². The van der Waals surface area contributed by atoms with Crippen molar-refractivity contribution in [3.63, 3.8) is 0 Å². The van der Waals surface area contributed by atoms with Gasteiger partial charge in [-0.3, -0.25) is 14.5 Å². The van der Waals surface area contributed by atoms with Gasteiger partial charge < -0.3 is 15.2 Å². The number of anilines is 1. The molecule has 130 valence electrons. The van der Waals surface area contributed by atoms with Gasteiger partial charge >= 0.3 is 5.97 Å². The number of aliphatic carboxylic acids is 1. The van der Waals surface area contributed by atoms with Crippen LogP contribution in [0.25, 0.3) is 0 Å². The van der Waals surface area contributed by atoms with Gasteiger partial charge in [0.05, 0.1) is 19.3 Å². The zero-order chi connectivity index (χ0) is 16.4. The Hall–Kier alpha value is -1.79. The summed E-state index contributed by atoms with van der Waals surface area (Å²) in [4.78, 5) is 24.5. The van der Waals surface area contributed by atoms with Crippen LogP contribution in [-0.4, -0.2) is 48.6 Å². The van der Waals surface area contributed by atoms with Gasteiger partial charge in [-0.05, 0) is 38.1 Å². The van der Waals surface area contributed by atoms with E-state index in [1.165, 1.54) is 0 Å². The van der Waals surface area contributed by atoms with Gasteiger partial charge in [0.2, 0.25) is 5.91 Å². The molecule has 0 bridgehead atoms. The molecule has 1 aromatic rings. The Bertz CT molecular complexity index is 497. The maximum Gasteiger partial charge on any atom is 0.303 e. The van der Waals surface area contributed by atoms with E-state index in [0.717, 1.165) is 13.0 Å². The molecule has 0 aliphatic carbocycles. The van der Waals surface area contributed by atoms with E-state index in [4.69, 9.17) is 9.84 Å². The van der Waals surface area contributed by atoms with Gasteiger partial charge in [-0.1, -0.05) is 19.1 Å². The number of ether oxygens (including phenoxy) is 1. The fourth-order valence-electron chi connectivity index (χ4n) is 2.10. The van der Waals surface area contributed by atoms with Gasteiger partial charge in [0.15, 0.2) is 0 Å². The van der Waals surface area contributed by atoms with Crippen molar-refractivity contribution >= 4 is 30.0 Å². The van der Waals surface area contributed by atoms with Gasteiger partial charge in [-0.2, -0.15) is 0 Å². The summed E-state index contributed by atoms with van der Waals surface area (Å²) in [5.74, 6) is -0.262. The molecule has 0 saturated heterocycles. The second-order valence-corrected chi connectivity index (χ2v) is 4.97. The van der Waals surface area contributed by atoms with Crippen molar-refractivity contribution in [3.8, 4) is 5.75 Å². The minimum atomic E-state index is -0.781. The molecule has 0 heterocycles. The molecule has 0 aliphatic rings. The molecular weight excluding hydrogens is 320 g/mol. The molecule has 0 atom stereocenters. The van der Waals surface area contributed by atoms with E-state index in [1.807, 2.05) is 24.0 Å². The third kappa shape index (κ3) is 8.42. The van der Waals surface area contributed by atoms with Crippen molar-refractivity contribution in [2.24, 2.45) is 0 Å². The second-order valence-electron chi connectivity index (χ2n) is 4.97. The summed E-state index contributed by atoms with van der Waals surface area (Å²) in [5.41, 5.74) is 0.650. The number of unbranched alkanes of at least 4 members (excludes halogenated alkanes) is 1. The second kappa shape index (κ2) is 11.7. The van der Waals surface area contributed by atoms with E-state index in [2.05, 4.69) is 5.32 Å². The molecule has 7 heteroatoms. The molecule has 2 N–H and O–H groups in total. The van der Waals surface area contributed by atoms with Crippen LogP contribution in [0.1, 0.15) is 26.2 Å². The number of likely N-dealkylation sites (N-methyl/N-ethyl adjacent to an activating group) is 1. The Morgan fingerprint density at radius 2 is 1.96 bits per heavy atom. The van der Waals surface area contributed by atoms with Crippen molar-refractivity contribution in [3.05, 3.63) is 24.3 Å². The fourth-order valence-corrected chi connectivity index (χ4v) is 2.10. The molecule has 0 unspecified atom stereocenters. The largest absolute Gasteiger partial charge is 0.495 e. The number of amides is 1. The van der Waals surface area contributed by atoms with Crippen molar-refractivity contribution in [2.75, 3.05) is 32.1 Å². The van der Waals surface area contributed by atoms with Gasteiger partial charge in [-0.25, -0.2) is 0 Å². The number of nitrogens with zero attached hydrogens (tertiary/aromatic N) is 1. The third-order valence-corrected chi connectivity index (χ3v) is 3.31. The Morgan fingerprint density at radius 3 is 2.57 bits per heavy atom. The molecular formula is C16H25ClN2O4. The number of hydrogen-bond donors (Lipinski definition) is 2. The van der Waals surface area contributed by atoms with Gasteiger partial charge in [0, 0.05) is 6.42 Å². The summed E-state index contributed by atoms with van der Waals surface area (Å²) in [6, 6.07) is 7.26. The maximum atomic E-state index is 12.1. The van der Waals surface area contributed by atoms with Crippen LogP contribution in [0, 0.1) is 0 Å². The lowest BCUT2D eigenvalue weighted by Crippen LogP contribution is -2.34. The average Bonchev–Trinajstić information content (AvgIpc) is 2.50. The van der Waals surface area contributed by atoms with Crippen LogP contribution < -0.4 is 10.1 Å². The fraction of sp³-hybridized carbons (Fsp3) is 0.500. The van der Waals surface area contributed by atoms with E-state index in [-0.39, 0.29) is 31.3 Å². The summed E-state index contributed by atoms with van der Waals surface area (Å²) in [5, 5.41) is 11.4. The van der Waals surface area contributed by atoms with Gasteiger partial charge in [0.25, 0.3) is 0 Å². The third-order valence-electron chi connectivity index (χ3n) is 3.31. The first kappa shape index (κ1) is 21.2. The minimum Gasteiger partial charge on any atom is -0.495 e. The average molecular weight is 345 g/mol. The number of rotatable bonds is 10. The highest BCUT2D eigenvalue weighted by atomic mass is 35.5. The lowest BCUT2D eigenvalue weighted by Gasteiger charge is -2.20. The summed E-state index contributed by atoms with van der Waals surface area (Å²) < 4.78 is 5.20. The normalized spacial score (nSPS) is 10.0. The topological polar surface area (TPSA) is 78.9 Å². The summed E-state index contributed by atoms with van der Waals surface area (Å²) in [7, 11) is 1.56. The van der Waals surface area contributed by atoms with Crippen molar-refractivity contribution in [2.45, 2.75) is 26.2 Å². The maximum absolute atomic E-state index is 12.1. The van der Waals surface area contributed by atoms with Crippen LogP contribution in [0.15, 0.2) is 24.3 Å². The summed E-state index contributed by atoms with van der Waals surface area (Å²) in [6.45, 7) is 3.71. The van der Waals surface area contributed by atoms with Crippen molar-refractivity contribution in [1.82, 2.24) is 4.90 Å². The molecule has 0 saturated carbocycles. The van der Waals surface area contributed by atoms with Crippen molar-refractivity contribution in [1.29, 1.82) is 0 Å². The lowest BCUT2D eigenvalue weighted by atomic mass is 10.2. The van der Waals surface area contributed by atoms with E-state index < -0.39 is 5.97 Å². The molecule has 0 spiro atoms. The van der Waals surface area contributed by atoms with E-state index >= 15 is 0 Å². The number of carbonyl (C=O) groups excluding carboxylic acids is 1. The number of carbonyl (C=O) groups is 2. The number of nitrogens with one attached hydrogen (secondary N) is 1. The first-order valence-corrected chi connectivity index (χ1v) is 7.43. The van der Waals surface area contributed by atoms with Crippen LogP contribution in [0.4, 0.5) is 5.69 Å². The minimum absolute atomic E-state index is 0. The highest BCUT2D eigenvalue weighted by Crippen LogP contribution is 2.22. The van der Waals surface area contributed by atoms with Crippen LogP contribution in [0.5, 0.6) is 5.75 Å². The predicted molar refractivity (Wildman–Crippen MR) is 92.5 cm³/mol. The molecule has 0 radical (unpaired) electrons. The zero-order valence-electron chi connectivity index (χ0n) is 13.6. The van der Waals surface area contributed by atoms with E-state index in [0.29, 0.717) is 24.4 Å². The molecule has 1 aromatic carbocycles. The number of carboxylic acids is 1. The first-order chi connectivity index (χ1) is 10.6. The summed E-state index contributed by atoms with van der Waals surface area (Å²) in [6.07, 6.45) is 1.56. The molecule has 0 aromatic heterocycles. The molecule has 23 heavy (non-hydrogen) atoms. The van der Waals surface area contributed by atoms with E-state index in [1.54, 1.807) is 19.2 Å². The van der Waals surface area contributed by atoms with E-state index in [9.17, 15) is 9.59 Å². The number of carboxylic acid groups (broad SMARTS) is 1. The quantitative estimate of drug-likeness (QED) is 0.638. The number of methoxy groups -OCH3 is 1. The SMILES string of the molecule is CCN(CCCCC(=O)O)CC(=O)Nc1ccccc1OC.Cl. The number of para-hydroxylation sites is 2. The standard InChI is InChI=1S/C16H24N2O4.ClH/c1-3-18(11-7-6-10-16(20)21)12-15(19)17-13-8-4-5-9-14(13)22-2;/h4-5,8-9H,3,6-7,10-12H2,1-2H3,(H,17,19)(H,20,21);1H. The van der Waals surface area contributed by atoms with Gasteiger partial charge in [0.1, 0.15) is 5.75 Å². The molecule has 0 aliphatic heterocycles. The Morgan fingerprint density at radius 1 is 1.26 bits per heavy atom. The smallest absolute Gasteiger partial charge is 0.303 e. The first-order valence-electron chi connectivity index (χ1n) is 7.43. The van der Waals surface area contributed by atoms with Crippen LogP contribution >= 0.6 is 12.4 Å². The Labute approximate surface area is 143 Å². The predicted octanol–water partition coefficient (Wildman–Crippen LogP) is 2.63. The number of halogens is 1.